The summed E-state index contributed by atoms with van der Waals surface area (Å²) < 4.78 is 0. The van der Waals surface area contributed by atoms with E-state index in [1.54, 1.807) is 0 Å². The van der Waals surface area contributed by atoms with Crippen molar-refractivity contribution in [2.75, 3.05) is 0 Å². The number of hydrogen-bond acceptors (Lipinski definition) is 2. The van der Waals surface area contributed by atoms with Crippen molar-refractivity contribution >= 4 is 12.0 Å². The molecule has 0 aromatic rings. The van der Waals surface area contributed by atoms with Gasteiger partial charge in [0.05, 0.1) is 6.42 Å². The predicted octanol–water partition coefficient (Wildman–Crippen LogP) is 2.12. The molecule has 0 bridgehead atoms. The molecule has 2 fully saturated rings. The Kier molecular flexibility index (Phi) is 4.66. The molecule has 1 atom stereocenters. The number of nitrogens with one attached hydrogen (secondary N) is 2. The van der Waals surface area contributed by atoms with Crippen LogP contribution in [0.4, 0.5) is 4.79 Å². The lowest BCUT2D eigenvalue weighted by molar-refractivity contribution is -0.137. The van der Waals surface area contributed by atoms with Gasteiger partial charge in [0.2, 0.25) is 0 Å². The van der Waals surface area contributed by atoms with Crippen molar-refractivity contribution in [3.8, 4) is 0 Å². The third-order valence-electron chi connectivity index (χ3n) is 3.95. The van der Waals surface area contributed by atoms with Gasteiger partial charge in [-0.2, -0.15) is 0 Å². The number of carboxylic acids is 1. The first-order valence-electron chi connectivity index (χ1n) is 7.39. The average molecular weight is 268 g/mol. The van der Waals surface area contributed by atoms with E-state index in [-0.39, 0.29) is 18.5 Å². The average Bonchev–Trinajstić information content (AvgIpc) is 3.17. The van der Waals surface area contributed by atoms with Gasteiger partial charge in [-0.3, -0.25) is 4.79 Å². The largest absolute Gasteiger partial charge is 0.481 e. The second-order valence-electron chi connectivity index (χ2n) is 5.90. The second-order valence-corrected chi connectivity index (χ2v) is 5.90. The highest BCUT2D eigenvalue weighted by Crippen LogP contribution is 2.44. The Balaban J connectivity index is 1.78. The summed E-state index contributed by atoms with van der Waals surface area (Å²) in [5, 5.41) is 14.7. The molecule has 1 unspecified atom stereocenters. The van der Waals surface area contributed by atoms with Crippen molar-refractivity contribution in [2.24, 2.45) is 11.8 Å². The lowest BCUT2D eigenvalue weighted by Crippen LogP contribution is -2.48. The quantitative estimate of drug-likeness (QED) is 0.631. The van der Waals surface area contributed by atoms with Crippen LogP contribution >= 0.6 is 0 Å². The summed E-state index contributed by atoms with van der Waals surface area (Å²) in [7, 11) is 0. The van der Waals surface area contributed by atoms with Gasteiger partial charge in [-0.25, -0.2) is 4.79 Å². The Morgan fingerprint density at radius 1 is 1.16 bits per heavy atom. The van der Waals surface area contributed by atoms with Gasteiger partial charge in [0.1, 0.15) is 0 Å². The Morgan fingerprint density at radius 3 is 2.16 bits per heavy atom. The van der Waals surface area contributed by atoms with Crippen LogP contribution in [0.15, 0.2) is 0 Å². The van der Waals surface area contributed by atoms with Gasteiger partial charge < -0.3 is 15.7 Å². The van der Waals surface area contributed by atoms with E-state index in [1.165, 1.54) is 25.7 Å². The maximum absolute atomic E-state index is 12.0. The highest BCUT2D eigenvalue weighted by molar-refractivity contribution is 5.76. The second kappa shape index (κ2) is 6.26. The zero-order valence-electron chi connectivity index (χ0n) is 11.5. The van der Waals surface area contributed by atoms with Crippen molar-refractivity contribution in [1.29, 1.82) is 0 Å². The van der Waals surface area contributed by atoms with E-state index in [1.807, 2.05) is 6.92 Å². The molecule has 3 N–H and O–H groups in total. The summed E-state index contributed by atoms with van der Waals surface area (Å²) >= 11 is 0. The Morgan fingerprint density at radius 2 is 1.74 bits per heavy atom. The lowest BCUT2D eigenvalue weighted by atomic mass is 10.1. The number of carbonyl (C=O) groups excluding carboxylic acids is 1. The first-order valence-corrected chi connectivity index (χ1v) is 7.39. The molecule has 5 nitrogen and oxygen atoms in total. The fourth-order valence-corrected chi connectivity index (χ4v) is 2.69. The molecule has 0 saturated heterocycles. The number of carboxylic acid groups (broad SMARTS) is 1. The molecule has 19 heavy (non-hydrogen) atoms. The minimum absolute atomic E-state index is 0.00121. The molecular weight excluding hydrogens is 244 g/mol. The third-order valence-corrected chi connectivity index (χ3v) is 3.95. The van der Waals surface area contributed by atoms with Gasteiger partial charge in [-0.15, -0.1) is 0 Å². The zero-order valence-corrected chi connectivity index (χ0v) is 11.5. The fraction of sp³-hybridized carbons (Fsp3) is 0.857. The molecule has 0 aromatic carbocycles. The normalized spacial score (nSPS) is 20.1. The molecule has 5 heteroatoms. The van der Waals surface area contributed by atoms with E-state index < -0.39 is 5.97 Å². The SMILES string of the molecule is CCCC(CC(=O)O)NC(=O)NC(C1CC1)C1CC1. The summed E-state index contributed by atoms with van der Waals surface area (Å²) in [6.45, 7) is 1.99. The predicted molar refractivity (Wildman–Crippen MR) is 71.9 cm³/mol. The molecule has 2 rings (SSSR count). The van der Waals surface area contributed by atoms with E-state index in [0.29, 0.717) is 24.3 Å². The molecule has 2 amide bonds. The standard InChI is InChI=1S/C14H24N2O3/c1-2-3-11(8-12(17)18)15-14(19)16-13(9-4-5-9)10-6-7-10/h9-11,13H,2-8H2,1H3,(H,17,18)(H2,15,16,19). The van der Waals surface area contributed by atoms with Crippen LogP contribution < -0.4 is 10.6 Å². The van der Waals surface area contributed by atoms with Crippen molar-refractivity contribution in [3.05, 3.63) is 0 Å². The van der Waals surface area contributed by atoms with Gasteiger partial charge in [0, 0.05) is 12.1 Å². The summed E-state index contributed by atoms with van der Waals surface area (Å²) in [6, 6.07) is -0.142. The minimum Gasteiger partial charge on any atom is -0.481 e. The van der Waals surface area contributed by atoms with Crippen LogP contribution in [0.2, 0.25) is 0 Å². The molecule has 2 aliphatic carbocycles. The highest BCUT2D eigenvalue weighted by Gasteiger charge is 2.42. The number of urea groups is 1. The maximum Gasteiger partial charge on any atom is 0.315 e. The molecule has 2 aliphatic rings. The Bertz CT molecular complexity index is 326. The van der Waals surface area contributed by atoms with Crippen LogP contribution in [0.1, 0.15) is 51.9 Å². The van der Waals surface area contributed by atoms with Crippen LogP contribution in [0.3, 0.4) is 0 Å². The van der Waals surface area contributed by atoms with Crippen molar-refractivity contribution in [1.82, 2.24) is 10.6 Å². The van der Waals surface area contributed by atoms with E-state index in [9.17, 15) is 9.59 Å². The van der Waals surface area contributed by atoms with Gasteiger partial charge in [0.15, 0.2) is 0 Å². The van der Waals surface area contributed by atoms with Gasteiger partial charge >= 0.3 is 12.0 Å². The molecule has 0 aromatic heterocycles. The molecular formula is C14H24N2O3. The molecule has 2 saturated carbocycles. The molecule has 0 aliphatic heterocycles. The molecule has 0 radical (unpaired) electrons. The fourth-order valence-electron chi connectivity index (χ4n) is 2.69. The highest BCUT2D eigenvalue weighted by atomic mass is 16.4. The van der Waals surface area contributed by atoms with Crippen LogP contribution in [-0.2, 0) is 4.79 Å². The number of amides is 2. The van der Waals surface area contributed by atoms with Crippen molar-refractivity contribution in [3.63, 3.8) is 0 Å². The summed E-state index contributed by atoms with van der Waals surface area (Å²) in [5.41, 5.74) is 0. The molecule has 108 valence electrons. The minimum atomic E-state index is -0.861. The molecule has 0 spiro atoms. The van der Waals surface area contributed by atoms with Crippen LogP contribution in [0, 0.1) is 11.8 Å². The van der Waals surface area contributed by atoms with Crippen LogP contribution in [-0.4, -0.2) is 29.2 Å². The summed E-state index contributed by atoms with van der Waals surface area (Å²) in [6.07, 6.45) is 6.44. The first kappa shape index (κ1) is 14.2. The van der Waals surface area contributed by atoms with E-state index in [0.717, 1.165) is 6.42 Å². The van der Waals surface area contributed by atoms with Crippen LogP contribution in [0.5, 0.6) is 0 Å². The zero-order chi connectivity index (χ0) is 13.8. The maximum atomic E-state index is 12.0. The Hall–Kier alpha value is -1.26. The van der Waals surface area contributed by atoms with E-state index in [2.05, 4.69) is 10.6 Å². The van der Waals surface area contributed by atoms with E-state index >= 15 is 0 Å². The number of hydrogen-bond donors (Lipinski definition) is 3. The number of carbonyl (C=O) groups is 2. The van der Waals surface area contributed by atoms with Gasteiger partial charge in [-0.1, -0.05) is 13.3 Å². The number of aliphatic carboxylic acids is 1. The van der Waals surface area contributed by atoms with Crippen LogP contribution in [0.25, 0.3) is 0 Å². The summed E-state index contributed by atoms with van der Waals surface area (Å²) in [5.74, 6) is 0.449. The van der Waals surface area contributed by atoms with Gasteiger partial charge in [0.25, 0.3) is 0 Å². The topological polar surface area (TPSA) is 78.4 Å². The molecule has 0 heterocycles. The Labute approximate surface area is 114 Å². The first-order chi connectivity index (χ1) is 9.10. The number of rotatable bonds is 8. The van der Waals surface area contributed by atoms with Crippen molar-refractivity contribution < 1.29 is 14.7 Å². The van der Waals surface area contributed by atoms with Crippen molar-refractivity contribution in [2.45, 2.75) is 64.0 Å². The summed E-state index contributed by atoms with van der Waals surface area (Å²) in [4.78, 5) is 22.7. The smallest absolute Gasteiger partial charge is 0.315 e. The monoisotopic (exact) mass is 268 g/mol. The lowest BCUT2D eigenvalue weighted by Gasteiger charge is -2.21. The third kappa shape index (κ3) is 4.73. The van der Waals surface area contributed by atoms with E-state index in [4.69, 9.17) is 5.11 Å². The van der Waals surface area contributed by atoms with Gasteiger partial charge in [-0.05, 0) is 43.9 Å².